The summed E-state index contributed by atoms with van der Waals surface area (Å²) in [5.41, 5.74) is 0.549. The molecule has 1 atom stereocenters. The summed E-state index contributed by atoms with van der Waals surface area (Å²) in [5, 5.41) is 0. The van der Waals surface area contributed by atoms with E-state index in [1.54, 1.807) is 11.6 Å². The Kier molecular flexibility index (Phi) is 3.78. The molecule has 0 amide bonds. The van der Waals surface area contributed by atoms with Crippen LogP contribution in [0.2, 0.25) is 0 Å². The van der Waals surface area contributed by atoms with E-state index in [0.29, 0.717) is 5.56 Å². The topological polar surface area (TPSA) is 59.1 Å². The van der Waals surface area contributed by atoms with Gasteiger partial charge in [0.2, 0.25) is 10.0 Å². The van der Waals surface area contributed by atoms with E-state index >= 15 is 0 Å². The zero-order chi connectivity index (χ0) is 13.3. The summed E-state index contributed by atoms with van der Waals surface area (Å²) in [6.45, 7) is 2.33. The van der Waals surface area contributed by atoms with Gasteiger partial charge in [0.05, 0.1) is 0 Å². The summed E-state index contributed by atoms with van der Waals surface area (Å²) in [7, 11) is -4.20. The van der Waals surface area contributed by atoms with E-state index in [1.807, 2.05) is 0 Å². The highest BCUT2D eigenvalue weighted by molar-refractivity contribution is 7.89. The Morgan fingerprint density at radius 2 is 1.94 bits per heavy atom. The quantitative estimate of drug-likeness (QED) is 0.906. The van der Waals surface area contributed by atoms with Crippen LogP contribution in [0.15, 0.2) is 23.4 Å². The Hall–Kier alpha value is -1.15. The maximum atomic E-state index is 12.2. The maximum Gasteiger partial charge on any atom is 0.404 e. The third kappa shape index (κ3) is 3.67. The molecule has 1 rings (SSSR count). The van der Waals surface area contributed by atoms with Gasteiger partial charge in [0.1, 0.15) is 10.9 Å². The molecule has 0 bridgehead atoms. The van der Waals surface area contributed by atoms with Gasteiger partial charge in [-0.1, -0.05) is 0 Å². The first-order chi connectivity index (χ1) is 7.63. The van der Waals surface area contributed by atoms with Crippen LogP contribution in [-0.2, 0) is 10.0 Å². The molecule has 1 aromatic heterocycles. The molecule has 0 spiro atoms. The Balaban J connectivity index is 2.98. The highest BCUT2D eigenvalue weighted by Crippen LogP contribution is 2.21. The van der Waals surface area contributed by atoms with E-state index in [4.69, 9.17) is 0 Å². The smallest absolute Gasteiger partial charge is 0.263 e. The molecule has 0 aliphatic carbocycles. The van der Waals surface area contributed by atoms with Crippen LogP contribution in [0.1, 0.15) is 12.5 Å². The standard InChI is InChI=1S/C9H11F3N2O2S/c1-6-3-8(5-13-4-6)17(15,16)14-7(2)9(10,11)12/h3-5,7,14H,1-2H3/t7-/m0/s1. The van der Waals surface area contributed by atoms with Crippen LogP contribution in [-0.4, -0.2) is 25.6 Å². The molecule has 96 valence electrons. The minimum absolute atomic E-state index is 0.284. The molecule has 8 heteroatoms. The third-order valence-corrected chi connectivity index (χ3v) is 3.49. The van der Waals surface area contributed by atoms with Gasteiger partial charge >= 0.3 is 6.18 Å². The van der Waals surface area contributed by atoms with Crippen LogP contribution in [0.25, 0.3) is 0 Å². The van der Waals surface area contributed by atoms with Gasteiger partial charge in [0.25, 0.3) is 0 Å². The molecule has 4 nitrogen and oxygen atoms in total. The lowest BCUT2D eigenvalue weighted by Crippen LogP contribution is -2.42. The Bertz CT molecular complexity index is 499. The van der Waals surface area contributed by atoms with E-state index in [2.05, 4.69) is 4.98 Å². The fraction of sp³-hybridized carbons (Fsp3) is 0.444. The van der Waals surface area contributed by atoms with Crippen molar-refractivity contribution < 1.29 is 21.6 Å². The van der Waals surface area contributed by atoms with Crippen molar-refractivity contribution in [2.45, 2.75) is 31.0 Å². The van der Waals surface area contributed by atoms with Gasteiger partial charge < -0.3 is 0 Å². The Morgan fingerprint density at radius 3 is 2.41 bits per heavy atom. The van der Waals surface area contributed by atoms with Crippen LogP contribution < -0.4 is 4.72 Å². The van der Waals surface area contributed by atoms with Crippen LogP contribution in [0.3, 0.4) is 0 Å². The van der Waals surface area contributed by atoms with Gasteiger partial charge in [-0.05, 0) is 25.5 Å². The minimum Gasteiger partial charge on any atom is -0.263 e. The van der Waals surface area contributed by atoms with Crippen LogP contribution in [0.4, 0.5) is 13.2 Å². The molecule has 0 saturated carbocycles. The lowest BCUT2D eigenvalue weighted by Gasteiger charge is -2.17. The number of sulfonamides is 1. The fourth-order valence-electron chi connectivity index (χ4n) is 1.04. The van der Waals surface area contributed by atoms with E-state index in [0.717, 1.165) is 13.1 Å². The van der Waals surface area contributed by atoms with Gasteiger partial charge in [0.15, 0.2) is 0 Å². The molecule has 1 aromatic rings. The summed E-state index contributed by atoms with van der Waals surface area (Å²) < 4.78 is 61.4. The van der Waals surface area contributed by atoms with Gasteiger partial charge in [-0.2, -0.15) is 17.9 Å². The van der Waals surface area contributed by atoms with Gasteiger partial charge in [-0.3, -0.25) is 4.98 Å². The molecular weight excluding hydrogens is 257 g/mol. The van der Waals surface area contributed by atoms with E-state index in [-0.39, 0.29) is 4.90 Å². The van der Waals surface area contributed by atoms with Crippen LogP contribution in [0, 0.1) is 6.92 Å². The van der Waals surface area contributed by atoms with Crippen molar-refractivity contribution in [3.63, 3.8) is 0 Å². The van der Waals surface area contributed by atoms with Crippen molar-refractivity contribution in [3.8, 4) is 0 Å². The first-order valence-corrected chi connectivity index (χ1v) is 6.12. The molecular formula is C9H11F3N2O2S. The summed E-state index contributed by atoms with van der Waals surface area (Å²) in [6.07, 6.45) is -2.21. The fourth-order valence-corrected chi connectivity index (χ4v) is 2.32. The molecule has 0 fully saturated rings. The van der Waals surface area contributed by atoms with E-state index < -0.39 is 22.2 Å². The van der Waals surface area contributed by atoms with Gasteiger partial charge in [-0.25, -0.2) is 8.42 Å². The normalized spacial score (nSPS) is 14.6. The third-order valence-electron chi connectivity index (χ3n) is 1.98. The van der Waals surface area contributed by atoms with Crippen molar-refractivity contribution >= 4 is 10.0 Å². The molecule has 17 heavy (non-hydrogen) atoms. The second kappa shape index (κ2) is 4.61. The van der Waals surface area contributed by atoms with Crippen molar-refractivity contribution in [3.05, 3.63) is 24.0 Å². The summed E-state index contributed by atoms with van der Waals surface area (Å²) in [4.78, 5) is 3.34. The summed E-state index contributed by atoms with van der Waals surface area (Å²) in [6, 6.07) is -0.897. The van der Waals surface area contributed by atoms with Crippen molar-refractivity contribution in [2.24, 2.45) is 0 Å². The average molecular weight is 268 g/mol. The lowest BCUT2D eigenvalue weighted by atomic mass is 10.3. The number of nitrogens with zero attached hydrogens (tertiary/aromatic N) is 1. The number of aromatic nitrogens is 1. The zero-order valence-corrected chi connectivity index (χ0v) is 9.93. The minimum atomic E-state index is -4.62. The highest BCUT2D eigenvalue weighted by Gasteiger charge is 2.38. The SMILES string of the molecule is Cc1cncc(S(=O)(=O)N[C@@H](C)C(F)(F)F)c1. The van der Waals surface area contributed by atoms with Crippen LogP contribution >= 0.6 is 0 Å². The van der Waals surface area contributed by atoms with Crippen LogP contribution in [0.5, 0.6) is 0 Å². The molecule has 0 unspecified atom stereocenters. The molecule has 0 aliphatic heterocycles. The lowest BCUT2D eigenvalue weighted by molar-refractivity contribution is -0.147. The summed E-state index contributed by atoms with van der Waals surface area (Å²) >= 11 is 0. The second-order valence-corrected chi connectivity index (χ2v) is 5.30. The maximum absolute atomic E-state index is 12.2. The number of hydrogen-bond donors (Lipinski definition) is 1. The number of halogens is 3. The molecule has 0 saturated heterocycles. The predicted molar refractivity (Wildman–Crippen MR) is 54.8 cm³/mol. The average Bonchev–Trinajstić information content (AvgIpc) is 2.15. The van der Waals surface area contributed by atoms with Crippen molar-refractivity contribution in [1.29, 1.82) is 0 Å². The van der Waals surface area contributed by atoms with Gasteiger partial charge in [0, 0.05) is 12.4 Å². The number of pyridine rings is 1. The Labute approximate surface area is 96.9 Å². The predicted octanol–water partition coefficient (Wildman–Crippen LogP) is 1.62. The number of nitrogens with one attached hydrogen (secondary N) is 1. The zero-order valence-electron chi connectivity index (χ0n) is 9.12. The monoisotopic (exact) mass is 268 g/mol. The molecule has 0 radical (unpaired) electrons. The molecule has 1 N–H and O–H groups in total. The molecule has 0 aromatic carbocycles. The molecule has 0 aliphatic rings. The second-order valence-electron chi connectivity index (χ2n) is 3.58. The Morgan fingerprint density at radius 1 is 1.35 bits per heavy atom. The first kappa shape index (κ1) is 13.9. The van der Waals surface area contributed by atoms with E-state index in [9.17, 15) is 21.6 Å². The van der Waals surface area contributed by atoms with E-state index in [1.165, 1.54) is 12.3 Å². The summed E-state index contributed by atoms with van der Waals surface area (Å²) in [5.74, 6) is 0. The largest absolute Gasteiger partial charge is 0.404 e. The van der Waals surface area contributed by atoms with Crippen molar-refractivity contribution in [1.82, 2.24) is 9.71 Å². The van der Waals surface area contributed by atoms with Crippen molar-refractivity contribution in [2.75, 3.05) is 0 Å². The molecule has 1 heterocycles. The number of rotatable bonds is 3. The number of aryl methyl sites for hydroxylation is 1. The number of hydrogen-bond acceptors (Lipinski definition) is 3. The number of alkyl halides is 3. The van der Waals surface area contributed by atoms with Gasteiger partial charge in [-0.15, -0.1) is 0 Å². The highest BCUT2D eigenvalue weighted by atomic mass is 32.2. The first-order valence-electron chi connectivity index (χ1n) is 4.63.